The van der Waals surface area contributed by atoms with Crippen LogP contribution in [0.2, 0.25) is 0 Å². The van der Waals surface area contributed by atoms with Crippen molar-refractivity contribution in [3.05, 3.63) is 35.9 Å². The first kappa shape index (κ1) is 22.1. The predicted molar refractivity (Wildman–Crippen MR) is 117 cm³/mol. The van der Waals surface area contributed by atoms with Crippen molar-refractivity contribution in [2.24, 2.45) is 0 Å². The number of ether oxygens (including phenoxy) is 1. The van der Waals surface area contributed by atoms with Crippen molar-refractivity contribution < 1.29 is 19.1 Å². The van der Waals surface area contributed by atoms with Crippen molar-refractivity contribution >= 4 is 17.8 Å². The first-order chi connectivity index (χ1) is 15.5. The molecule has 1 N–H and O–H groups in total. The highest BCUT2D eigenvalue weighted by Crippen LogP contribution is 2.27. The number of piperazine rings is 1. The lowest BCUT2D eigenvalue weighted by molar-refractivity contribution is -0.188. The number of nitrogens with zero attached hydrogens (tertiary/aromatic N) is 4. The highest BCUT2D eigenvalue weighted by molar-refractivity contribution is 5.91. The van der Waals surface area contributed by atoms with Gasteiger partial charge in [-0.15, -0.1) is 6.42 Å². The van der Waals surface area contributed by atoms with E-state index in [1.807, 2.05) is 30.3 Å². The molecule has 0 saturated carbocycles. The molecule has 0 aliphatic carbocycles. The largest absolute Gasteiger partial charge is 0.376 e. The summed E-state index contributed by atoms with van der Waals surface area (Å²) >= 11 is 0. The van der Waals surface area contributed by atoms with Crippen LogP contribution in [-0.2, 0) is 20.9 Å². The number of urea groups is 1. The van der Waals surface area contributed by atoms with Gasteiger partial charge in [0.2, 0.25) is 11.8 Å². The Labute approximate surface area is 188 Å². The number of rotatable bonds is 5. The Morgan fingerprint density at radius 2 is 2.06 bits per heavy atom. The lowest BCUT2D eigenvalue weighted by atomic mass is 10.1. The molecule has 4 rings (SSSR count). The molecule has 1 aromatic carbocycles. The average molecular weight is 440 g/mol. The first-order valence-electron chi connectivity index (χ1n) is 11.0. The summed E-state index contributed by atoms with van der Waals surface area (Å²) in [5.41, 5.74) is 0.960. The van der Waals surface area contributed by atoms with E-state index in [4.69, 9.17) is 11.2 Å². The van der Waals surface area contributed by atoms with Crippen LogP contribution in [0.1, 0.15) is 25.3 Å². The summed E-state index contributed by atoms with van der Waals surface area (Å²) < 4.78 is 5.71. The van der Waals surface area contributed by atoms with Gasteiger partial charge < -0.3 is 19.9 Å². The van der Waals surface area contributed by atoms with E-state index in [9.17, 15) is 14.4 Å². The van der Waals surface area contributed by atoms with E-state index in [1.165, 1.54) is 9.91 Å². The molecule has 3 aliphatic rings. The van der Waals surface area contributed by atoms with Crippen LogP contribution in [0.3, 0.4) is 0 Å². The van der Waals surface area contributed by atoms with E-state index >= 15 is 0 Å². The van der Waals surface area contributed by atoms with Gasteiger partial charge in [-0.05, 0) is 25.3 Å². The van der Waals surface area contributed by atoms with Crippen LogP contribution in [0, 0.1) is 12.3 Å². The summed E-state index contributed by atoms with van der Waals surface area (Å²) in [6, 6.07) is 8.56. The van der Waals surface area contributed by atoms with Crippen LogP contribution in [-0.4, -0.2) is 88.8 Å². The number of benzene rings is 1. The van der Waals surface area contributed by atoms with E-state index in [-0.39, 0.29) is 43.6 Å². The predicted octanol–water partition coefficient (Wildman–Crippen LogP) is 0.626. The molecule has 3 fully saturated rings. The van der Waals surface area contributed by atoms with Crippen molar-refractivity contribution in [1.29, 1.82) is 0 Å². The summed E-state index contributed by atoms with van der Waals surface area (Å²) in [5.74, 6) is 2.20. The van der Waals surface area contributed by atoms with Gasteiger partial charge in [0.25, 0.3) is 0 Å². The van der Waals surface area contributed by atoms with Crippen LogP contribution in [0.5, 0.6) is 0 Å². The molecule has 9 nitrogen and oxygen atoms in total. The molecule has 170 valence electrons. The van der Waals surface area contributed by atoms with E-state index in [0.29, 0.717) is 19.7 Å². The molecule has 0 spiro atoms. The van der Waals surface area contributed by atoms with Crippen LogP contribution in [0.15, 0.2) is 30.3 Å². The lowest BCUT2D eigenvalue weighted by Gasteiger charge is -2.54. The normalized spacial score (nSPS) is 26.1. The number of hydrazine groups is 1. The number of amides is 4. The molecule has 0 aromatic heterocycles. The highest BCUT2D eigenvalue weighted by atomic mass is 16.5. The smallest absolute Gasteiger partial charge is 0.334 e. The molecule has 9 heteroatoms. The van der Waals surface area contributed by atoms with Gasteiger partial charge in [-0.25, -0.2) is 9.80 Å². The molecule has 3 atom stereocenters. The average Bonchev–Trinajstić information content (AvgIpc) is 3.29. The third kappa shape index (κ3) is 4.42. The minimum Gasteiger partial charge on any atom is -0.376 e. The number of carbonyl (C=O) groups is 3. The maximum atomic E-state index is 13.3. The minimum absolute atomic E-state index is 0.0147. The minimum atomic E-state index is -0.667. The molecule has 0 bridgehead atoms. The number of hydrogen-bond acceptors (Lipinski definition) is 5. The number of nitrogens with one attached hydrogen (secondary N) is 1. The van der Waals surface area contributed by atoms with E-state index < -0.39 is 12.2 Å². The fraction of sp³-hybridized carbons (Fsp3) is 0.522. The molecule has 1 unspecified atom stereocenters. The number of hydrogen-bond donors (Lipinski definition) is 1. The van der Waals surface area contributed by atoms with Crippen molar-refractivity contribution in [2.75, 3.05) is 32.8 Å². The quantitative estimate of drug-likeness (QED) is 0.681. The number of fused-ring (bicyclic) bond motifs is 1. The Balaban J connectivity index is 1.56. The second kappa shape index (κ2) is 9.59. The summed E-state index contributed by atoms with van der Waals surface area (Å²) in [4.78, 5) is 42.5. The molecule has 4 amide bonds. The van der Waals surface area contributed by atoms with Crippen LogP contribution < -0.4 is 5.32 Å². The van der Waals surface area contributed by atoms with Gasteiger partial charge in [-0.1, -0.05) is 36.3 Å². The second-order valence-electron chi connectivity index (χ2n) is 8.35. The van der Waals surface area contributed by atoms with Crippen molar-refractivity contribution in [2.45, 2.75) is 44.6 Å². The third-order valence-corrected chi connectivity index (χ3v) is 6.20. The van der Waals surface area contributed by atoms with Gasteiger partial charge in [-0.3, -0.25) is 9.59 Å². The maximum absolute atomic E-state index is 13.3. The molecule has 1 aromatic rings. The van der Waals surface area contributed by atoms with Gasteiger partial charge in [0.15, 0.2) is 0 Å². The van der Waals surface area contributed by atoms with E-state index in [0.717, 1.165) is 18.4 Å². The van der Waals surface area contributed by atoms with E-state index in [2.05, 4.69) is 11.2 Å². The lowest BCUT2D eigenvalue weighted by Crippen LogP contribution is -2.76. The van der Waals surface area contributed by atoms with Crippen LogP contribution >= 0.6 is 0 Å². The summed E-state index contributed by atoms with van der Waals surface area (Å²) in [7, 11) is 0. The van der Waals surface area contributed by atoms with Crippen LogP contribution in [0.4, 0.5) is 4.79 Å². The van der Waals surface area contributed by atoms with Crippen molar-refractivity contribution in [3.8, 4) is 12.3 Å². The van der Waals surface area contributed by atoms with Gasteiger partial charge in [0, 0.05) is 19.7 Å². The van der Waals surface area contributed by atoms with Gasteiger partial charge in [0.1, 0.15) is 12.2 Å². The Morgan fingerprint density at radius 1 is 1.28 bits per heavy atom. The summed E-state index contributed by atoms with van der Waals surface area (Å²) in [6.07, 6.45) is 6.76. The van der Waals surface area contributed by atoms with Crippen LogP contribution in [0.25, 0.3) is 0 Å². The molecule has 0 radical (unpaired) electrons. The Kier molecular flexibility index (Phi) is 6.63. The fourth-order valence-electron chi connectivity index (χ4n) is 4.65. The molecule has 32 heavy (non-hydrogen) atoms. The van der Waals surface area contributed by atoms with Crippen molar-refractivity contribution in [1.82, 2.24) is 25.1 Å². The third-order valence-electron chi connectivity index (χ3n) is 6.20. The summed E-state index contributed by atoms with van der Waals surface area (Å²) in [6.45, 7) is 3.48. The van der Waals surface area contributed by atoms with Crippen molar-refractivity contribution in [3.63, 3.8) is 0 Å². The monoisotopic (exact) mass is 439 g/mol. The molecule has 3 aliphatic heterocycles. The zero-order valence-corrected chi connectivity index (χ0v) is 18.3. The van der Waals surface area contributed by atoms with Gasteiger partial charge in [-0.2, -0.15) is 5.01 Å². The van der Waals surface area contributed by atoms with E-state index in [1.54, 1.807) is 16.8 Å². The Morgan fingerprint density at radius 3 is 2.75 bits per heavy atom. The maximum Gasteiger partial charge on any atom is 0.334 e. The Hall–Kier alpha value is -3.09. The molecular weight excluding hydrogens is 410 g/mol. The zero-order chi connectivity index (χ0) is 22.7. The van der Waals surface area contributed by atoms with Gasteiger partial charge >= 0.3 is 6.03 Å². The number of terminal acetylenes is 1. The number of carbonyl (C=O) groups excluding carboxylic acids is 3. The first-order valence-corrected chi connectivity index (χ1v) is 11.0. The molecular formula is C23H29N5O4. The molecule has 3 heterocycles. The Bertz CT molecular complexity index is 895. The summed E-state index contributed by atoms with van der Waals surface area (Å²) in [5, 5.41) is 6.02. The fourth-order valence-corrected chi connectivity index (χ4v) is 4.65. The topological polar surface area (TPSA) is 85.4 Å². The second-order valence-corrected chi connectivity index (χ2v) is 8.35. The molecule has 3 saturated heterocycles. The zero-order valence-electron chi connectivity index (χ0n) is 18.3. The SMILES string of the molecule is C#CCN1CC(=O)N2[C@@H](C)C(=O)N(CC3CCCO3)C[C@@H]2N1C(=O)NCc1ccccc1. The highest BCUT2D eigenvalue weighted by Gasteiger charge is 2.50. The van der Waals surface area contributed by atoms with Gasteiger partial charge in [0.05, 0.1) is 25.7 Å². The standard InChI is InChI=1S/C23H29N5O4/c1-3-11-26-16-21(29)27-17(2)22(30)25(14-19-10-7-12-32-19)15-20(27)28(26)23(31)24-13-18-8-5-4-6-9-18/h1,4-6,8-9,17,19-20H,7,10-16H2,2H3,(H,24,31)/t17-,19?,20-/m0/s1.